The predicted molar refractivity (Wildman–Crippen MR) is 293 cm³/mol. The molecule has 0 saturated carbocycles. The summed E-state index contributed by atoms with van der Waals surface area (Å²) in [6.45, 7) is 6.48. The third-order valence-corrected chi connectivity index (χ3v) is 12.5. The van der Waals surface area contributed by atoms with Crippen molar-refractivity contribution in [3.05, 3.63) is 72.9 Å². The maximum atomic E-state index is 12.9. The topological polar surface area (TPSA) is 78.9 Å². The van der Waals surface area contributed by atoms with Crippen LogP contribution in [0.4, 0.5) is 0 Å². The maximum Gasteiger partial charge on any atom is 0.306 e. The average Bonchev–Trinajstić information content (AvgIpc) is 3.34. The summed E-state index contributed by atoms with van der Waals surface area (Å²) < 4.78 is 16.9. The lowest BCUT2D eigenvalue weighted by Crippen LogP contribution is -2.30. The van der Waals surface area contributed by atoms with Crippen LogP contribution >= 0.6 is 0 Å². The number of carbonyl (C=O) groups excluding carboxylic acids is 3. The maximum absolute atomic E-state index is 12.9. The molecule has 0 heterocycles. The molecule has 0 aromatic heterocycles. The molecule has 0 aromatic rings. The molecule has 0 aromatic carbocycles. The lowest BCUT2D eigenvalue weighted by atomic mass is 10.0. The van der Waals surface area contributed by atoms with Gasteiger partial charge in [-0.3, -0.25) is 14.4 Å². The quantitative estimate of drug-likeness (QED) is 0.0199. The Morgan fingerprint density at radius 1 is 0.324 bits per heavy atom. The highest BCUT2D eigenvalue weighted by Crippen LogP contribution is 2.16. The molecule has 0 bridgehead atoms. The Morgan fingerprint density at radius 2 is 0.632 bits per heavy atom. The summed E-state index contributed by atoms with van der Waals surface area (Å²) in [5.41, 5.74) is 0. The third-order valence-electron chi connectivity index (χ3n) is 12.5. The van der Waals surface area contributed by atoms with Crippen LogP contribution in [-0.4, -0.2) is 37.2 Å². The first-order chi connectivity index (χ1) is 33.5. The Hall–Kier alpha value is -3.15. The standard InChI is InChI=1S/C62H108O6/c1-4-7-10-13-16-19-22-25-28-30-32-34-37-40-43-46-49-52-55-61(64)67-58-59(57-66-60(63)54-51-48-45-42-39-36-33-27-24-21-18-15-12-9-6-3)68-62(65)56-53-50-47-44-41-38-35-31-29-26-23-20-17-14-11-8-5-2/h9,12,15,17-18,20-21,24,26-27,29,33,59H,4-8,10-11,13-14,16,19,22-23,25,28,30-32,34-58H2,1-3H3/b12-9-,18-15-,20-17-,24-21-,29-26-,33-27-. The summed E-state index contributed by atoms with van der Waals surface area (Å²) in [7, 11) is 0. The minimum atomic E-state index is -0.789. The highest BCUT2D eigenvalue weighted by atomic mass is 16.6. The van der Waals surface area contributed by atoms with Crippen LogP contribution in [-0.2, 0) is 28.6 Å². The molecule has 0 aliphatic heterocycles. The number of hydrogen-bond acceptors (Lipinski definition) is 6. The van der Waals surface area contributed by atoms with Crippen LogP contribution in [0.2, 0.25) is 0 Å². The largest absolute Gasteiger partial charge is 0.462 e. The van der Waals surface area contributed by atoms with Crippen molar-refractivity contribution in [3.63, 3.8) is 0 Å². The van der Waals surface area contributed by atoms with Gasteiger partial charge in [-0.2, -0.15) is 0 Å². The van der Waals surface area contributed by atoms with Crippen molar-refractivity contribution < 1.29 is 28.6 Å². The molecular weight excluding hydrogens is 841 g/mol. The number of ether oxygens (including phenoxy) is 3. The van der Waals surface area contributed by atoms with Crippen molar-refractivity contribution in [3.8, 4) is 0 Å². The van der Waals surface area contributed by atoms with Gasteiger partial charge in [-0.25, -0.2) is 0 Å². The molecule has 68 heavy (non-hydrogen) atoms. The van der Waals surface area contributed by atoms with Crippen molar-refractivity contribution in [1.82, 2.24) is 0 Å². The molecule has 0 N–H and O–H groups in total. The van der Waals surface area contributed by atoms with Gasteiger partial charge in [0.2, 0.25) is 0 Å². The second kappa shape index (κ2) is 56.4. The summed E-state index contributed by atoms with van der Waals surface area (Å²) in [6, 6.07) is 0. The van der Waals surface area contributed by atoms with E-state index in [1.54, 1.807) is 0 Å². The van der Waals surface area contributed by atoms with Crippen LogP contribution in [0, 0.1) is 0 Å². The molecule has 0 saturated heterocycles. The molecule has 0 aliphatic carbocycles. The van der Waals surface area contributed by atoms with Crippen molar-refractivity contribution >= 4 is 17.9 Å². The van der Waals surface area contributed by atoms with Gasteiger partial charge in [0.05, 0.1) is 0 Å². The molecule has 0 rings (SSSR count). The molecule has 1 atom stereocenters. The van der Waals surface area contributed by atoms with Crippen LogP contribution < -0.4 is 0 Å². The van der Waals surface area contributed by atoms with Gasteiger partial charge in [0.25, 0.3) is 0 Å². The molecule has 1 unspecified atom stereocenters. The Balaban J connectivity index is 4.40. The first-order valence-electron chi connectivity index (χ1n) is 29.0. The minimum absolute atomic E-state index is 0.0842. The Kier molecular flexibility index (Phi) is 53.8. The van der Waals surface area contributed by atoms with Gasteiger partial charge in [-0.15, -0.1) is 0 Å². The first-order valence-corrected chi connectivity index (χ1v) is 29.0. The molecule has 0 aliphatic rings. The zero-order chi connectivity index (χ0) is 49.3. The molecule has 392 valence electrons. The molecule has 0 amide bonds. The summed E-state index contributed by atoms with van der Waals surface area (Å²) in [5.74, 6) is -0.906. The Labute approximate surface area is 421 Å². The summed E-state index contributed by atoms with van der Waals surface area (Å²) in [6.07, 6.45) is 71.7. The highest BCUT2D eigenvalue weighted by molar-refractivity contribution is 5.71. The number of rotatable bonds is 52. The van der Waals surface area contributed by atoms with Gasteiger partial charge in [0.1, 0.15) is 13.2 Å². The number of hydrogen-bond donors (Lipinski definition) is 0. The summed E-state index contributed by atoms with van der Waals surface area (Å²) in [4.78, 5) is 38.2. The second-order valence-electron chi connectivity index (χ2n) is 19.3. The van der Waals surface area contributed by atoms with Crippen molar-refractivity contribution in [2.75, 3.05) is 13.2 Å². The molecule has 0 radical (unpaired) electrons. The Morgan fingerprint density at radius 3 is 1.04 bits per heavy atom. The van der Waals surface area contributed by atoms with E-state index in [4.69, 9.17) is 14.2 Å². The molecule has 0 spiro atoms. The van der Waals surface area contributed by atoms with Crippen molar-refractivity contribution in [2.24, 2.45) is 0 Å². The van der Waals surface area contributed by atoms with Crippen LogP contribution in [0.15, 0.2) is 72.9 Å². The van der Waals surface area contributed by atoms with E-state index >= 15 is 0 Å². The monoisotopic (exact) mass is 949 g/mol. The lowest BCUT2D eigenvalue weighted by molar-refractivity contribution is -0.167. The summed E-state index contributed by atoms with van der Waals surface area (Å²) in [5, 5.41) is 0. The highest BCUT2D eigenvalue weighted by Gasteiger charge is 2.19. The van der Waals surface area contributed by atoms with Gasteiger partial charge in [-0.1, -0.05) is 267 Å². The van der Waals surface area contributed by atoms with Crippen LogP contribution in [0.5, 0.6) is 0 Å². The fourth-order valence-corrected chi connectivity index (χ4v) is 8.19. The molecule has 6 heteroatoms. The van der Waals surface area contributed by atoms with Gasteiger partial charge >= 0.3 is 17.9 Å². The van der Waals surface area contributed by atoms with Gasteiger partial charge in [-0.05, 0) is 70.6 Å². The molecular formula is C62H108O6. The number of carbonyl (C=O) groups is 3. The van der Waals surface area contributed by atoms with Gasteiger partial charge in [0, 0.05) is 19.3 Å². The molecule has 0 fully saturated rings. The average molecular weight is 950 g/mol. The van der Waals surface area contributed by atoms with E-state index in [1.165, 1.54) is 148 Å². The minimum Gasteiger partial charge on any atom is -0.462 e. The van der Waals surface area contributed by atoms with Crippen LogP contribution in [0.3, 0.4) is 0 Å². The predicted octanol–water partition coefficient (Wildman–Crippen LogP) is 19.4. The van der Waals surface area contributed by atoms with E-state index in [9.17, 15) is 14.4 Å². The second-order valence-corrected chi connectivity index (χ2v) is 19.3. The SMILES string of the molecule is CC\C=C/C=C\C=C/C=C\CCCCCCCC(=O)OCC(COC(=O)CCCCCCCCCCCCCCCCCCCC)OC(=O)CCCCCCCCC/C=C\C/C=C\CCCCC. The first kappa shape index (κ1) is 64.8. The fraction of sp³-hybridized carbons (Fsp3) is 0.758. The van der Waals surface area contributed by atoms with Crippen molar-refractivity contribution in [2.45, 2.75) is 290 Å². The van der Waals surface area contributed by atoms with Gasteiger partial charge < -0.3 is 14.2 Å². The van der Waals surface area contributed by atoms with Crippen molar-refractivity contribution in [1.29, 1.82) is 0 Å². The zero-order valence-corrected chi connectivity index (χ0v) is 44.9. The van der Waals surface area contributed by atoms with Crippen LogP contribution in [0.25, 0.3) is 0 Å². The smallest absolute Gasteiger partial charge is 0.306 e. The third kappa shape index (κ3) is 53.8. The van der Waals surface area contributed by atoms with E-state index in [-0.39, 0.29) is 31.1 Å². The summed E-state index contributed by atoms with van der Waals surface area (Å²) >= 11 is 0. The fourth-order valence-electron chi connectivity index (χ4n) is 8.19. The van der Waals surface area contributed by atoms with E-state index in [0.717, 1.165) is 96.3 Å². The Bertz CT molecular complexity index is 1270. The number of esters is 3. The lowest BCUT2D eigenvalue weighted by Gasteiger charge is -2.18. The normalized spacial score (nSPS) is 12.6. The van der Waals surface area contributed by atoms with Crippen LogP contribution in [0.1, 0.15) is 284 Å². The molecule has 6 nitrogen and oxygen atoms in total. The van der Waals surface area contributed by atoms with Gasteiger partial charge in [0.15, 0.2) is 6.10 Å². The van der Waals surface area contributed by atoms with E-state index in [1.807, 2.05) is 18.2 Å². The van der Waals surface area contributed by atoms with E-state index < -0.39 is 6.10 Å². The number of allylic oxidation sites excluding steroid dienone is 12. The van der Waals surface area contributed by atoms with E-state index in [2.05, 4.69) is 75.5 Å². The van der Waals surface area contributed by atoms with E-state index in [0.29, 0.717) is 19.3 Å². The number of unbranched alkanes of at least 4 members (excludes halogenated alkanes) is 32. The zero-order valence-electron chi connectivity index (χ0n) is 44.9.